The van der Waals surface area contributed by atoms with Crippen molar-refractivity contribution in [3.63, 3.8) is 0 Å². The second-order valence-corrected chi connectivity index (χ2v) is 7.84. The van der Waals surface area contributed by atoms with E-state index in [0.29, 0.717) is 10.9 Å². The first-order valence-corrected chi connectivity index (χ1v) is 7.64. The minimum Gasteiger partial charge on any atom is -0.271 e. The maximum absolute atomic E-state index is 13.4. The lowest BCUT2D eigenvalue weighted by Crippen LogP contribution is -2.39. The van der Waals surface area contributed by atoms with E-state index in [0.717, 1.165) is 11.3 Å². The fourth-order valence-electron chi connectivity index (χ4n) is 1.49. The Balaban J connectivity index is 2.65. The molecule has 0 amide bonds. The molecule has 18 heavy (non-hydrogen) atoms. The van der Waals surface area contributed by atoms with E-state index in [1.807, 2.05) is 17.8 Å². The van der Waals surface area contributed by atoms with Crippen LogP contribution in [0, 0.1) is 5.82 Å². The molecule has 0 heterocycles. The first kappa shape index (κ1) is 16.0. The van der Waals surface area contributed by atoms with E-state index < -0.39 is 0 Å². The van der Waals surface area contributed by atoms with Crippen LogP contribution in [-0.4, -0.2) is 16.5 Å². The standard InChI is InChI=1S/C13H20BrFN2S/c1-13(2,3)18-8-10(17-16)7-9-5-4-6-11(15)12(9)14/h4-6,10,17H,7-8,16H2,1-3H3. The Morgan fingerprint density at radius 3 is 2.67 bits per heavy atom. The van der Waals surface area contributed by atoms with Crippen LogP contribution >= 0.6 is 27.7 Å². The Labute approximate surface area is 121 Å². The fourth-order valence-corrected chi connectivity index (χ4v) is 2.83. The molecule has 0 saturated heterocycles. The van der Waals surface area contributed by atoms with Crippen LogP contribution < -0.4 is 11.3 Å². The summed E-state index contributed by atoms with van der Waals surface area (Å²) in [5, 5.41) is 0. The summed E-state index contributed by atoms with van der Waals surface area (Å²) in [5.41, 5.74) is 3.74. The molecule has 1 atom stereocenters. The van der Waals surface area contributed by atoms with Gasteiger partial charge in [-0.2, -0.15) is 11.8 Å². The van der Waals surface area contributed by atoms with Crippen LogP contribution in [0.25, 0.3) is 0 Å². The van der Waals surface area contributed by atoms with Crippen LogP contribution in [0.5, 0.6) is 0 Å². The number of nitrogens with one attached hydrogen (secondary N) is 1. The van der Waals surface area contributed by atoms with Crippen molar-refractivity contribution >= 4 is 27.7 Å². The predicted octanol–water partition coefficient (Wildman–Crippen LogP) is 3.49. The van der Waals surface area contributed by atoms with Gasteiger partial charge in [-0.3, -0.25) is 11.3 Å². The average molecular weight is 335 g/mol. The van der Waals surface area contributed by atoms with E-state index in [4.69, 9.17) is 5.84 Å². The Morgan fingerprint density at radius 2 is 2.11 bits per heavy atom. The second-order valence-electron chi connectivity index (χ2n) is 5.20. The van der Waals surface area contributed by atoms with Crippen molar-refractivity contribution in [3.05, 3.63) is 34.1 Å². The molecule has 3 N–H and O–H groups in total. The molecule has 0 aliphatic carbocycles. The number of nitrogens with two attached hydrogens (primary N) is 1. The number of thioether (sulfide) groups is 1. The zero-order chi connectivity index (χ0) is 13.8. The third-order valence-corrected chi connectivity index (χ3v) is 4.77. The van der Waals surface area contributed by atoms with Gasteiger partial charge in [-0.25, -0.2) is 4.39 Å². The number of hydrazine groups is 1. The average Bonchev–Trinajstić information content (AvgIpc) is 2.28. The van der Waals surface area contributed by atoms with E-state index in [9.17, 15) is 4.39 Å². The van der Waals surface area contributed by atoms with Crippen LogP contribution in [0.4, 0.5) is 4.39 Å². The van der Waals surface area contributed by atoms with Crippen molar-refractivity contribution in [1.82, 2.24) is 5.43 Å². The minimum atomic E-state index is -0.230. The summed E-state index contributed by atoms with van der Waals surface area (Å²) < 4.78 is 14.1. The normalized spacial score (nSPS) is 13.7. The molecule has 0 radical (unpaired) electrons. The highest BCUT2D eigenvalue weighted by Gasteiger charge is 2.16. The lowest BCUT2D eigenvalue weighted by atomic mass is 10.1. The molecule has 0 spiro atoms. The van der Waals surface area contributed by atoms with Crippen LogP contribution in [0.3, 0.4) is 0 Å². The molecule has 0 saturated carbocycles. The molecule has 1 rings (SSSR count). The third-order valence-electron chi connectivity index (χ3n) is 2.45. The van der Waals surface area contributed by atoms with Crippen LogP contribution in [0.2, 0.25) is 0 Å². The van der Waals surface area contributed by atoms with Gasteiger partial charge < -0.3 is 0 Å². The highest BCUT2D eigenvalue weighted by Crippen LogP contribution is 2.26. The molecule has 1 unspecified atom stereocenters. The largest absolute Gasteiger partial charge is 0.271 e. The van der Waals surface area contributed by atoms with Gasteiger partial charge in [0.05, 0.1) is 4.47 Å². The molecule has 0 fully saturated rings. The molecular weight excluding hydrogens is 315 g/mol. The molecule has 2 nitrogen and oxygen atoms in total. The van der Waals surface area contributed by atoms with Gasteiger partial charge >= 0.3 is 0 Å². The molecule has 0 bridgehead atoms. The van der Waals surface area contributed by atoms with Crippen LogP contribution in [0.15, 0.2) is 22.7 Å². The lowest BCUT2D eigenvalue weighted by Gasteiger charge is -2.23. The molecule has 102 valence electrons. The van der Waals surface area contributed by atoms with E-state index in [2.05, 4.69) is 42.1 Å². The molecule has 1 aromatic carbocycles. The Hall–Kier alpha value is -0.100. The zero-order valence-electron chi connectivity index (χ0n) is 11.0. The van der Waals surface area contributed by atoms with Crippen LogP contribution in [-0.2, 0) is 6.42 Å². The minimum absolute atomic E-state index is 0.132. The number of rotatable bonds is 5. The van der Waals surface area contributed by atoms with Gasteiger partial charge in [0.25, 0.3) is 0 Å². The summed E-state index contributed by atoms with van der Waals surface area (Å²) in [7, 11) is 0. The van der Waals surface area contributed by atoms with E-state index in [1.54, 1.807) is 6.07 Å². The summed E-state index contributed by atoms with van der Waals surface area (Å²) in [6, 6.07) is 5.22. The van der Waals surface area contributed by atoms with Gasteiger partial charge in [0.1, 0.15) is 5.82 Å². The first-order valence-electron chi connectivity index (χ1n) is 5.86. The van der Waals surface area contributed by atoms with Crippen molar-refractivity contribution in [2.45, 2.75) is 38.0 Å². The predicted molar refractivity (Wildman–Crippen MR) is 81.1 cm³/mol. The zero-order valence-corrected chi connectivity index (χ0v) is 13.4. The Morgan fingerprint density at radius 1 is 1.44 bits per heavy atom. The molecule has 1 aromatic rings. The van der Waals surface area contributed by atoms with Crippen molar-refractivity contribution in [3.8, 4) is 0 Å². The van der Waals surface area contributed by atoms with E-state index in [-0.39, 0.29) is 16.6 Å². The molecule has 0 aliphatic rings. The highest BCUT2D eigenvalue weighted by atomic mass is 79.9. The van der Waals surface area contributed by atoms with Gasteiger partial charge in [-0.05, 0) is 34.0 Å². The molecule has 5 heteroatoms. The summed E-state index contributed by atoms with van der Waals surface area (Å²) in [6.45, 7) is 6.51. The second kappa shape index (κ2) is 6.89. The van der Waals surface area contributed by atoms with Crippen molar-refractivity contribution < 1.29 is 4.39 Å². The Kier molecular flexibility index (Phi) is 6.11. The number of hydrogen-bond donors (Lipinski definition) is 2. The molecule has 0 aliphatic heterocycles. The summed E-state index contributed by atoms with van der Waals surface area (Å²) in [5.74, 6) is 6.23. The number of hydrogen-bond acceptors (Lipinski definition) is 3. The van der Waals surface area contributed by atoms with Crippen molar-refractivity contribution in [1.29, 1.82) is 0 Å². The summed E-state index contributed by atoms with van der Waals surface area (Å²) in [6.07, 6.45) is 0.706. The number of benzene rings is 1. The number of halogens is 2. The maximum atomic E-state index is 13.4. The van der Waals surface area contributed by atoms with Gasteiger partial charge in [-0.1, -0.05) is 32.9 Å². The summed E-state index contributed by atoms with van der Waals surface area (Å²) in [4.78, 5) is 0. The lowest BCUT2D eigenvalue weighted by molar-refractivity contribution is 0.566. The summed E-state index contributed by atoms with van der Waals surface area (Å²) >= 11 is 5.12. The highest BCUT2D eigenvalue weighted by molar-refractivity contribution is 9.10. The van der Waals surface area contributed by atoms with Crippen molar-refractivity contribution in [2.24, 2.45) is 5.84 Å². The van der Waals surface area contributed by atoms with Gasteiger partial charge in [0.15, 0.2) is 0 Å². The molecule has 0 aromatic heterocycles. The third kappa shape index (κ3) is 5.26. The van der Waals surface area contributed by atoms with Gasteiger partial charge in [-0.15, -0.1) is 0 Å². The van der Waals surface area contributed by atoms with Crippen LogP contribution in [0.1, 0.15) is 26.3 Å². The van der Waals surface area contributed by atoms with Gasteiger partial charge in [0, 0.05) is 16.5 Å². The SMILES string of the molecule is CC(C)(C)SCC(Cc1cccc(F)c1Br)NN. The first-order chi connectivity index (χ1) is 8.33. The monoisotopic (exact) mass is 334 g/mol. The smallest absolute Gasteiger partial charge is 0.137 e. The van der Waals surface area contributed by atoms with Gasteiger partial charge in [0.2, 0.25) is 0 Å². The fraction of sp³-hybridized carbons (Fsp3) is 0.538. The van der Waals surface area contributed by atoms with E-state index >= 15 is 0 Å². The molecular formula is C13H20BrFN2S. The van der Waals surface area contributed by atoms with E-state index in [1.165, 1.54) is 6.07 Å². The topological polar surface area (TPSA) is 38.0 Å². The van der Waals surface area contributed by atoms with Crippen molar-refractivity contribution in [2.75, 3.05) is 5.75 Å². The maximum Gasteiger partial charge on any atom is 0.137 e. The quantitative estimate of drug-likeness (QED) is 0.639. The Bertz CT molecular complexity index is 393.